The molecule has 1 aromatic heterocycles. The number of anilines is 1. The van der Waals surface area contributed by atoms with Crippen LogP contribution in [0.5, 0.6) is 5.75 Å². The smallest absolute Gasteiger partial charge is 0.225 e. The number of nitrogens with one attached hydrogen (secondary N) is 1. The number of methoxy groups -OCH3 is 1. The Balaban J connectivity index is 1.82. The van der Waals surface area contributed by atoms with Crippen LogP contribution in [0.25, 0.3) is 0 Å². The lowest BCUT2D eigenvalue weighted by Gasteiger charge is -2.24. The van der Waals surface area contributed by atoms with Crippen molar-refractivity contribution < 1.29 is 26.7 Å². The average Bonchev–Trinajstić information content (AvgIpc) is 3.14. The van der Waals surface area contributed by atoms with Gasteiger partial charge in [-0.05, 0) is 35.9 Å². The van der Waals surface area contributed by atoms with E-state index >= 15 is 0 Å². The summed E-state index contributed by atoms with van der Waals surface area (Å²) in [5.74, 6) is -2.77. The number of sulfone groups is 1. The van der Waals surface area contributed by atoms with Gasteiger partial charge in [-0.3, -0.25) is 4.79 Å². The summed E-state index contributed by atoms with van der Waals surface area (Å²) in [6, 6.07) is 9.63. The summed E-state index contributed by atoms with van der Waals surface area (Å²) in [7, 11) is -2.46. The first-order chi connectivity index (χ1) is 13.8. The van der Waals surface area contributed by atoms with Gasteiger partial charge in [0.25, 0.3) is 0 Å². The van der Waals surface area contributed by atoms with Crippen LogP contribution in [0.2, 0.25) is 0 Å². The van der Waals surface area contributed by atoms with Gasteiger partial charge < -0.3 is 10.1 Å². The monoisotopic (exact) mass is 435 g/mol. The zero-order valence-electron chi connectivity index (χ0n) is 15.1. The summed E-state index contributed by atoms with van der Waals surface area (Å²) in [5.41, 5.74) is 0.145. The zero-order chi connectivity index (χ0) is 20.8. The number of fused-ring (bicyclic) bond motifs is 1. The first kappa shape index (κ1) is 19.5. The minimum Gasteiger partial charge on any atom is -0.497 e. The van der Waals surface area contributed by atoms with Crippen LogP contribution < -0.4 is 10.1 Å². The van der Waals surface area contributed by atoms with Crippen molar-refractivity contribution in [3.05, 3.63) is 69.9 Å². The van der Waals surface area contributed by atoms with Gasteiger partial charge in [0.05, 0.1) is 17.7 Å². The number of rotatable bonds is 4. The molecule has 2 heterocycles. The van der Waals surface area contributed by atoms with Crippen LogP contribution in [0.1, 0.15) is 22.8 Å². The number of carbonyl (C=O) groups excluding carboxylic acids is 1. The van der Waals surface area contributed by atoms with Crippen LogP contribution in [0.4, 0.5) is 14.5 Å². The Kier molecular flexibility index (Phi) is 4.87. The third-order valence-corrected chi connectivity index (χ3v) is 7.81. The lowest BCUT2D eigenvalue weighted by atomic mass is 9.90. The zero-order valence-corrected chi connectivity index (χ0v) is 16.7. The van der Waals surface area contributed by atoms with Gasteiger partial charge in [0.15, 0.2) is 11.6 Å². The molecule has 0 bridgehead atoms. The second-order valence-electron chi connectivity index (χ2n) is 6.47. The van der Waals surface area contributed by atoms with Gasteiger partial charge in [-0.25, -0.2) is 17.2 Å². The normalized spacial score (nSPS) is 16.2. The number of benzene rings is 2. The molecular formula is C20H15F2NO4S2. The maximum Gasteiger partial charge on any atom is 0.225 e. The highest BCUT2D eigenvalue weighted by Crippen LogP contribution is 2.46. The molecule has 29 heavy (non-hydrogen) atoms. The summed E-state index contributed by atoms with van der Waals surface area (Å²) >= 11 is 1.09. The Hall–Kier alpha value is -2.78. The molecule has 5 nitrogen and oxygen atoms in total. The van der Waals surface area contributed by atoms with E-state index in [2.05, 4.69) is 5.32 Å². The molecule has 2 aromatic carbocycles. The maximum absolute atomic E-state index is 14.4. The molecule has 1 aliphatic rings. The molecule has 0 saturated carbocycles. The van der Waals surface area contributed by atoms with Crippen LogP contribution in [-0.2, 0) is 14.6 Å². The molecule has 0 unspecified atom stereocenters. The number of ether oxygens (including phenoxy) is 1. The number of hydrogen-bond donors (Lipinski definition) is 1. The van der Waals surface area contributed by atoms with Gasteiger partial charge >= 0.3 is 0 Å². The quantitative estimate of drug-likeness (QED) is 0.662. The number of halogens is 2. The van der Waals surface area contributed by atoms with E-state index in [0.717, 1.165) is 17.4 Å². The third-order valence-electron chi connectivity index (χ3n) is 4.77. The van der Waals surface area contributed by atoms with Crippen LogP contribution in [0.3, 0.4) is 0 Å². The first-order valence-electron chi connectivity index (χ1n) is 8.57. The molecular weight excluding hydrogens is 420 g/mol. The Morgan fingerprint density at radius 1 is 1.14 bits per heavy atom. The second kappa shape index (κ2) is 7.23. The Bertz CT molecular complexity index is 1200. The standard InChI is InChI=1S/C20H15F2NO4S2/c1-27-11-5-7-12(8-6-11)29(25,26)16-10-28-20-14(9-17(24)23-19(16)20)13-3-2-4-15(21)18(13)22/h2-8,10,14H,9H2,1H3,(H,23,24)/t14-/m0/s1. The van der Waals surface area contributed by atoms with Gasteiger partial charge in [-0.15, -0.1) is 11.3 Å². The molecule has 0 spiro atoms. The number of amides is 1. The number of hydrogen-bond acceptors (Lipinski definition) is 5. The highest BCUT2D eigenvalue weighted by molar-refractivity contribution is 7.91. The van der Waals surface area contributed by atoms with Crippen LogP contribution in [0, 0.1) is 11.6 Å². The van der Waals surface area contributed by atoms with Gasteiger partial charge in [0.1, 0.15) is 10.6 Å². The molecule has 1 amide bonds. The van der Waals surface area contributed by atoms with Crippen LogP contribution >= 0.6 is 11.3 Å². The van der Waals surface area contributed by atoms with Crippen molar-refractivity contribution in [2.75, 3.05) is 12.4 Å². The van der Waals surface area contributed by atoms with Crippen molar-refractivity contribution in [1.29, 1.82) is 0 Å². The van der Waals surface area contributed by atoms with E-state index in [1.54, 1.807) is 0 Å². The average molecular weight is 435 g/mol. The summed E-state index contributed by atoms with van der Waals surface area (Å²) in [6.45, 7) is 0. The van der Waals surface area contributed by atoms with Crippen molar-refractivity contribution in [3.8, 4) is 5.75 Å². The predicted molar refractivity (Wildman–Crippen MR) is 104 cm³/mol. The van der Waals surface area contributed by atoms with E-state index in [4.69, 9.17) is 4.74 Å². The SMILES string of the molecule is COc1ccc(S(=O)(=O)c2csc3c2NC(=O)C[C@H]3c2cccc(F)c2F)cc1. The molecule has 0 fully saturated rings. The minimum atomic E-state index is -3.94. The van der Waals surface area contributed by atoms with E-state index in [1.807, 2.05) is 0 Å². The molecule has 150 valence electrons. The Morgan fingerprint density at radius 3 is 2.55 bits per heavy atom. The first-order valence-corrected chi connectivity index (χ1v) is 10.9. The third kappa shape index (κ3) is 3.30. The maximum atomic E-state index is 14.4. The largest absolute Gasteiger partial charge is 0.497 e. The molecule has 0 saturated heterocycles. The highest BCUT2D eigenvalue weighted by Gasteiger charge is 2.35. The Morgan fingerprint density at radius 2 is 1.86 bits per heavy atom. The molecule has 9 heteroatoms. The molecule has 1 aliphatic heterocycles. The second-order valence-corrected chi connectivity index (χ2v) is 9.30. The number of carbonyl (C=O) groups is 1. The number of thiophene rings is 1. The molecule has 4 rings (SSSR count). The van der Waals surface area contributed by atoms with E-state index in [-0.39, 0.29) is 27.5 Å². The molecule has 0 aliphatic carbocycles. The van der Waals surface area contributed by atoms with Crippen molar-refractivity contribution in [2.45, 2.75) is 22.1 Å². The van der Waals surface area contributed by atoms with E-state index in [1.165, 1.54) is 48.9 Å². The fraction of sp³-hybridized carbons (Fsp3) is 0.150. The molecule has 1 atom stereocenters. The topological polar surface area (TPSA) is 72.5 Å². The molecule has 3 aromatic rings. The van der Waals surface area contributed by atoms with Crippen LogP contribution in [-0.4, -0.2) is 21.4 Å². The van der Waals surface area contributed by atoms with Crippen molar-refractivity contribution in [2.24, 2.45) is 0 Å². The summed E-state index contributed by atoms with van der Waals surface area (Å²) in [5, 5.41) is 4.01. The van der Waals surface area contributed by atoms with Crippen molar-refractivity contribution >= 4 is 32.8 Å². The minimum absolute atomic E-state index is 0.0244. The van der Waals surface area contributed by atoms with Gasteiger partial charge in [-0.1, -0.05) is 12.1 Å². The molecule has 1 N–H and O–H groups in total. The summed E-state index contributed by atoms with van der Waals surface area (Å²) in [4.78, 5) is 12.7. The van der Waals surface area contributed by atoms with Crippen molar-refractivity contribution in [3.63, 3.8) is 0 Å². The van der Waals surface area contributed by atoms with E-state index in [9.17, 15) is 22.0 Å². The van der Waals surface area contributed by atoms with Gasteiger partial charge in [0, 0.05) is 22.6 Å². The highest BCUT2D eigenvalue weighted by atomic mass is 32.2. The molecule has 0 radical (unpaired) electrons. The van der Waals surface area contributed by atoms with E-state index in [0.29, 0.717) is 10.6 Å². The van der Waals surface area contributed by atoms with E-state index < -0.39 is 33.3 Å². The lowest BCUT2D eigenvalue weighted by Crippen LogP contribution is -2.24. The van der Waals surface area contributed by atoms with Gasteiger partial charge in [-0.2, -0.15) is 0 Å². The Labute approximate surface area is 169 Å². The fourth-order valence-electron chi connectivity index (χ4n) is 3.32. The van der Waals surface area contributed by atoms with Crippen LogP contribution in [0.15, 0.2) is 57.6 Å². The predicted octanol–water partition coefficient (Wildman–Crippen LogP) is 4.34. The summed E-state index contributed by atoms with van der Waals surface area (Å²) < 4.78 is 59.3. The van der Waals surface area contributed by atoms with Gasteiger partial charge in [0.2, 0.25) is 15.7 Å². The fourth-order valence-corrected chi connectivity index (χ4v) is 6.22. The van der Waals surface area contributed by atoms with Crippen molar-refractivity contribution in [1.82, 2.24) is 0 Å². The lowest BCUT2D eigenvalue weighted by molar-refractivity contribution is -0.116. The summed E-state index contributed by atoms with van der Waals surface area (Å²) in [6.07, 6.45) is -0.101.